The quantitative estimate of drug-likeness (QED) is 0.789. The van der Waals surface area contributed by atoms with E-state index in [4.69, 9.17) is 32.7 Å². The fraction of sp³-hybridized carbons (Fsp3) is 0.267. The van der Waals surface area contributed by atoms with Crippen LogP contribution in [-0.2, 0) is 16.1 Å². The molecule has 2 rings (SSSR count). The Morgan fingerprint density at radius 1 is 1.27 bits per heavy atom. The van der Waals surface area contributed by atoms with Gasteiger partial charge in [-0.25, -0.2) is 4.79 Å². The molecule has 1 N–H and O–H groups in total. The normalized spacial score (nSPS) is 12.0. The van der Waals surface area contributed by atoms with Crippen molar-refractivity contribution in [3.8, 4) is 5.75 Å². The lowest BCUT2D eigenvalue weighted by molar-refractivity contribution is -0.143. The number of ether oxygens (including phenoxy) is 2. The van der Waals surface area contributed by atoms with Crippen molar-refractivity contribution in [3.05, 3.63) is 50.1 Å². The maximum atomic E-state index is 12.0. The highest BCUT2D eigenvalue weighted by molar-refractivity contribution is 7.10. The third-order valence-corrected chi connectivity index (χ3v) is 4.79. The molecule has 0 aliphatic heterocycles. The average Bonchev–Trinajstić information content (AvgIpc) is 2.92. The zero-order valence-corrected chi connectivity index (χ0v) is 14.4. The van der Waals surface area contributed by atoms with Gasteiger partial charge >= 0.3 is 5.97 Å². The Hall–Kier alpha value is -1.27. The molecule has 1 aromatic carbocycles. The van der Waals surface area contributed by atoms with E-state index in [9.17, 15) is 4.79 Å². The van der Waals surface area contributed by atoms with Gasteiger partial charge in [0.1, 0.15) is 11.8 Å². The van der Waals surface area contributed by atoms with Crippen LogP contribution in [0.3, 0.4) is 0 Å². The van der Waals surface area contributed by atoms with Crippen molar-refractivity contribution in [2.75, 3.05) is 14.2 Å². The van der Waals surface area contributed by atoms with Crippen molar-refractivity contribution < 1.29 is 14.3 Å². The molecule has 0 amide bonds. The van der Waals surface area contributed by atoms with Gasteiger partial charge < -0.3 is 9.47 Å². The number of carbonyl (C=O) groups is 1. The van der Waals surface area contributed by atoms with Gasteiger partial charge in [0.15, 0.2) is 0 Å². The van der Waals surface area contributed by atoms with Crippen LogP contribution in [0.1, 0.15) is 16.5 Å². The molecule has 7 heteroatoms. The van der Waals surface area contributed by atoms with E-state index in [0.717, 1.165) is 4.88 Å². The van der Waals surface area contributed by atoms with Crippen LogP contribution in [-0.4, -0.2) is 20.2 Å². The van der Waals surface area contributed by atoms with Crippen LogP contribution in [0.25, 0.3) is 0 Å². The van der Waals surface area contributed by atoms with Crippen LogP contribution in [0.2, 0.25) is 10.0 Å². The van der Waals surface area contributed by atoms with Crippen molar-refractivity contribution in [2.24, 2.45) is 0 Å². The van der Waals surface area contributed by atoms with E-state index in [1.807, 2.05) is 11.4 Å². The van der Waals surface area contributed by atoms with Gasteiger partial charge in [0, 0.05) is 11.4 Å². The van der Waals surface area contributed by atoms with E-state index in [1.54, 1.807) is 18.2 Å². The first kappa shape index (κ1) is 17.1. The Labute approximate surface area is 142 Å². The van der Waals surface area contributed by atoms with Crippen molar-refractivity contribution in [1.82, 2.24) is 5.32 Å². The standard InChI is InChI=1S/C15H15Cl2NO3S/c1-20-12-4-3-9(7-11(12)17)14(15(19)21-2)18-8-13-10(16)5-6-22-13/h3-7,14,18H,8H2,1-2H3. The first-order chi connectivity index (χ1) is 10.6. The monoisotopic (exact) mass is 359 g/mol. The second kappa shape index (κ2) is 7.83. The number of halogens is 2. The van der Waals surface area contributed by atoms with Crippen LogP contribution >= 0.6 is 34.5 Å². The molecule has 0 fully saturated rings. The maximum Gasteiger partial charge on any atom is 0.327 e. The summed E-state index contributed by atoms with van der Waals surface area (Å²) in [6, 6.07) is 6.36. The minimum Gasteiger partial charge on any atom is -0.495 e. The molecule has 0 spiro atoms. The fourth-order valence-corrected chi connectivity index (χ4v) is 3.28. The smallest absolute Gasteiger partial charge is 0.327 e. The third-order valence-electron chi connectivity index (χ3n) is 3.10. The van der Waals surface area contributed by atoms with Gasteiger partial charge in [0.05, 0.1) is 24.3 Å². The largest absolute Gasteiger partial charge is 0.495 e. The van der Waals surface area contributed by atoms with Crippen molar-refractivity contribution in [2.45, 2.75) is 12.6 Å². The first-order valence-corrected chi connectivity index (χ1v) is 8.07. The fourth-order valence-electron chi connectivity index (χ4n) is 1.96. The maximum absolute atomic E-state index is 12.0. The summed E-state index contributed by atoms with van der Waals surface area (Å²) >= 11 is 13.7. The summed E-state index contributed by atoms with van der Waals surface area (Å²) in [5.41, 5.74) is 0.699. The molecule has 0 aliphatic carbocycles. The predicted molar refractivity (Wildman–Crippen MR) is 88.9 cm³/mol. The van der Waals surface area contributed by atoms with Crippen LogP contribution in [0.5, 0.6) is 5.75 Å². The molecule has 0 bridgehead atoms. The predicted octanol–water partition coefficient (Wildman–Crippen LogP) is 4.07. The molecule has 118 valence electrons. The summed E-state index contributed by atoms with van der Waals surface area (Å²) in [6.07, 6.45) is 0. The number of carbonyl (C=O) groups excluding carboxylic acids is 1. The average molecular weight is 360 g/mol. The molecular formula is C15H15Cl2NO3S. The molecule has 1 heterocycles. The molecule has 0 radical (unpaired) electrons. The number of thiophene rings is 1. The SMILES string of the molecule is COC(=O)C(NCc1sccc1Cl)c1ccc(OC)c(Cl)c1. The molecule has 1 aromatic heterocycles. The van der Waals surface area contributed by atoms with Crippen LogP contribution in [0.15, 0.2) is 29.6 Å². The van der Waals surface area contributed by atoms with Crippen LogP contribution in [0.4, 0.5) is 0 Å². The summed E-state index contributed by atoms with van der Waals surface area (Å²) in [5, 5.41) is 6.16. The zero-order valence-electron chi connectivity index (χ0n) is 12.1. The van der Waals surface area contributed by atoms with Crippen LogP contribution < -0.4 is 10.1 Å². The highest BCUT2D eigenvalue weighted by Crippen LogP contribution is 2.29. The van der Waals surface area contributed by atoms with Gasteiger partial charge in [0.2, 0.25) is 0 Å². The minimum absolute atomic E-state index is 0.395. The second-order valence-corrected chi connectivity index (χ2v) is 6.24. The lowest BCUT2D eigenvalue weighted by atomic mass is 10.1. The molecule has 2 aromatic rings. The molecule has 1 unspecified atom stereocenters. The van der Waals surface area contributed by atoms with E-state index < -0.39 is 12.0 Å². The molecule has 1 atom stereocenters. The van der Waals surface area contributed by atoms with E-state index >= 15 is 0 Å². The van der Waals surface area contributed by atoms with Gasteiger partial charge in [-0.2, -0.15) is 0 Å². The topological polar surface area (TPSA) is 47.6 Å². The lowest BCUT2D eigenvalue weighted by Gasteiger charge is -2.17. The Bertz CT molecular complexity index is 660. The number of methoxy groups -OCH3 is 2. The summed E-state index contributed by atoms with van der Waals surface area (Å²) in [6.45, 7) is 0.458. The number of hydrogen-bond donors (Lipinski definition) is 1. The highest BCUT2D eigenvalue weighted by atomic mass is 35.5. The van der Waals surface area contributed by atoms with Crippen molar-refractivity contribution >= 4 is 40.5 Å². The zero-order chi connectivity index (χ0) is 16.1. The Balaban J connectivity index is 2.21. The summed E-state index contributed by atoms with van der Waals surface area (Å²) in [4.78, 5) is 13.0. The Kier molecular flexibility index (Phi) is 6.08. The van der Waals surface area contributed by atoms with E-state index in [1.165, 1.54) is 25.6 Å². The van der Waals surface area contributed by atoms with Crippen LogP contribution in [0, 0.1) is 0 Å². The molecule has 22 heavy (non-hydrogen) atoms. The molecule has 0 saturated carbocycles. The van der Waals surface area contributed by atoms with E-state index in [0.29, 0.717) is 27.9 Å². The number of benzene rings is 1. The van der Waals surface area contributed by atoms with Gasteiger partial charge in [0.25, 0.3) is 0 Å². The van der Waals surface area contributed by atoms with Crippen molar-refractivity contribution in [3.63, 3.8) is 0 Å². The van der Waals surface area contributed by atoms with Gasteiger partial charge in [-0.05, 0) is 29.1 Å². The number of hydrogen-bond acceptors (Lipinski definition) is 5. The van der Waals surface area contributed by atoms with E-state index in [-0.39, 0.29) is 0 Å². The third kappa shape index (κ3) is 3.93. The number of nitrogens with one attached hydrogen (secondary N) is 1. The number of esters is 1. The van der Waals surface area contributed by atoms with Gasteiger partial charge in [-0.1, -0.05) is 29.3 Å². The first-order valence-electron chi connectivity index (χ1n) is 6.43. The summed E-state index contributed by atoms with van der Waals surface area (Å²) in [5.74, 6) is 0.157. The molecule has 0 aliphatic rings. The summed E-state index contributed by atoms with van der Waals surface area (Å²) < 4.78 is 9.97. The number of rotatable bonds is 6. The highest BCUT2D eigenvalue weighted by Gasteiger charge is 2.22. The summed E-state index contributed by atoms with van der Waals surface area (Å²) in [7, 11) is 2.88. The molecule has 0 saturated heterocycles. The second-order valence-electron chi connectivity index (χ2n) is 4.42. The molecule has 4 nitrogen and oxygen atoms in total. The Morgan fingerprint density at radius 3 is 2.59 bits per heavy atom. The Morgan fingerprint density at radius 2 is 2.05 bits per heavy atom. The van der Waals surface area contributed by atoms with Crippen molar-refractivity contribution in [1.29, 1.82) is 0 Å². The minimum atomic E-state index is -0.633. The van der Waals surface area contributed by atoms with E-state index in [2.05, 4.69) is 5.32 Å². The lowest BCUT2D eigenvalue weighted by Crippen LogP contribution is -2.29. The van der Waals surface area contributed by atoms with Gasteiger partial charge in [-0.15, -0.1) is 11.3 Å². The van der Waals surface area contributed by atoms with Gasteiger partial charge in [-0.3, -0.25) is 5.32 Å². The molecular weight excluding hydrogens is 345 g/mol.